The summed E-state index contributed by atoms with van der Waals surface area (Å²) >= 11 is 14.2. The highest BCUT2D eigenvalue weighted by Gasteiger charge is 2.54. The third-order valence-corrected chi connectivity index (χ3v) is 9.04. The summed E-state index contributed by atoms with van der Waals surface area (Å²) in [6.45, 7) is 1.19. The monoisotopic (exact) mass is 464 g/mol. The van der Waals surface area contributed by atoms with Crippen molar-refractivity contribution in [2.24, 2.45) is 28.2 Å². The van der Waals surface area contributed by atoms with Gasteiger partial charge in [-0.1, -0.05) is 46.7 Å². The summed E-state index contributed by atoms with van der Waals surface area (Å²) in [5.74, 6) is 2.25. The molecule has 160 valence electrons. The molecule has 0 saturated heterocycles. The number of hydrogen-bond acceptors (Lipinski definition) is 3. The highest BCUT2D eigenvalue weighted by Crippen LogP contribution is 2.60. The Morgan fingerprint density at radius 1 is 1.20 bits per heavy atom. The highest BCUT2D eigenvalue weighted by atomic mass is 35.5. The van der Waals surface area contributed by atoms with Crippen LogP contribution in [0.5, 0.6) is 0 Å². The first kappa shape index (κ1) is 20.7. The number of aromatic nitrogens is 1. The summed E-state index contributed by atoms with van der Waals surface area (Å²) in [6, 6.07) is 5.62. The summed E-state index contributed by atoms with van der Waals surface area (Å²) in [6.07, 6.45) is 9.03. The normalized spacial score (nSPS) is 30.2. The van der Waals surface area contributed by atoms with Crippen molar-refractivity contribution in [3.63, 3.8) is 0 Å². The van der Waals surface area contributed by atoms with Gasteiger partial charge in [0.15, 0.2) is 4.80 Å². The molecule has 4 nitrogen and oxygen atoms in total. The van der Waals surface area contributed by atoms with Crippen molar-refractivity contribution >= 4 is 40.4 Å². The molecule has 7 heteroatoms. The first-order valence-electron chi connectivity index (χ1n) is 10.7. The lowest BCUT2D eigenvalue weighted by atomic mass is 9.49. The van der Waals surface area contributed by atoms with E-state index in [4.69, 9.17) is 32.9 Å². The SMILES string of the molecule is COCCn1cc(-c2cccc(Cl)c2Cl)s/c1=N\C(=O)C12CC3CC(CC(C3)C1)C2. The first-order chi connectivity index (χ1) is 14.5. The Kier molecular flexibility index (Phi) is 5.59. The number of methoxy groups -OCH3 is 1. The minimum Gasteiger partial charge on any atom is -0.383 e. The molecule has 4 saturated carbocycles. The van der Waals surface area contributed by atoms with Crippen LogP contribution in [0.4, 0.5) is 0 Å². The lowest BCUT2D eigenvalue weighted by molar-refractivity contribution is -0.142. The number of hydrogen-bond donors (Lipinski definition) is 0. The van der Waals surface area contributed by atoms with E-state index in [-0.39, 0.29) is 11.3 Å². The molecule has 0 unspecified atom stereocenters. The molecule has 30 heavy (non-hydrogen) atoms. The predicted molar refractivity (Wildman–Crippen MR) is 121 cm³/mol. The Labute approximate surface area is 190 Å². The second-order valence-electron chi connectivity index (χ2n) is 9.28. The number of benzene rings is 1. The Balaban J connectivity index is 1.52. The van der Waals surface area contributed by atoms with Crippen molar-refractivity contribution in [1.82, 2.24) is 4.57 Å². The van der Waals surface area contributed by atoms with E-state index in [0.717, 1.165) is 52.3 Å². The first-order valence-corrected chi connectivity index (χ1v) is 12.3. The van der Waals surface area contributed by atoms with E-state index in [0.29, 0.717) is 23.2 Å². The van der Waals surface area contributed by atoms with Gasteiger partial charge in [-0.25, -0.2) is 0 Å². The lowest BCUT2D eigenvalue weighted by Gasteiger charge is -2.55. The summed E-state index contributed by atoms with van der Waals surface area (Å²) in [4.78, 5) is 19.9. The van der Waals surface area contributed by atoms with Gasteiger partial charge < -0.3 is 9.30 Å². The van der Waals surface area contributed by atoms with Crippen LogP contribution in [0.15, 0.2) is 29.4 Å². The van der Waals surface area contributed by atoms with E-state index >= 15 is 0 Å². The molecule has 1 aromatic carbocycles. The number of ether oxygens (including phenoxy) is 1. The number of halogens is 2. The Morgan fingerprint density at radius 2 is 1.87 bits per heavy atom. The van der Waals surface area contributed by atoms with E-state index < -0.39 is 0 Å². The van der Waals surface area contributed by atoms with Crippen LogP contribution in [0.25, 0.3) is 10.4 Å². The largest absolute Gasteiger partial charge is 0.383 e. The van der Waals surface area contributed by atoms with Crippen LogP contribution in [0.1, 0.15) is 38.5 Å². The fourth-order valence-electron chi connectivity index (χ4n) is 6.21. The van der Waals surface area contributed by atoms with Crippen molar-refractivity contribution < 1.29 is 9.53 Å². The van der Waals surface area contributed by atoms with E-state index in [1.165, 1.54) is 30.6 Å². The fraction of sp³-hybridized carbons (Fsp3) is 0.565. The van der Waals surface area contributed by atoms with Crippen LogP contribution in [0.2, 0.25) is 10.0 Å². The second kappa shape index (κ2) is 8.09. The van der Waals surface area contributed by atoms with Crippen molar-refractivity contribution in [2.75, 3.05) is 13.7 Å². The van der Waals surface area contributed by atoms with Gasteiger partial charge >= 0.3 is 0 Å². The summed E-state index contributed by atoms with van der Waals surface area (Å²) in [5.41, 5.74) is 0.634. The maximum Gasteiger partial charge on any atom is 0.254 e. The quantitative estimate of drug-likeness (QED) is 0.559. The number of carbonyl (C=O) groups is 1. The molecule has 1 heterocycles. The molecule has 4 bridgehead atoms. The van der Waals surface area contributed by atoms with Gasteiger partial charge in [0.1, 0.15) is 0 Å². The topological polar surface area (TPSA) is 43.6 Å². The Hall–Kier alpha value is -1.14. The molecule has 0 radical (unpaired) electrons. The number of thiazole rings is 1. The molecule has 1 amide bonds. The van der Waals surface area contributed by atoms with Crippen molar-refractivity contribution in [3.8, 4) is 10.4 Å². The Morgan fingerprint density at radius 3 is 2.50 bits per heavy atom. The smallest absolute Gasteiger partial charge is 0.254 e. The molecule has 4 aliphatic carbocycles. The zero-order valence-electron chi connectivity index (χ0n) is 17.1. The zero-order chi connectivity index (χ0) is 20.9. The van der Waals surface area contributed by atoms with Gasteiger partial charge in [0.05, 0.1) is 26.9 Å². The van der Waals surface area contributed by atoms with Gasteiger partial charge in [0.25, 0.3) is 5.91 Å². The minimum absolute atomic E-state index is 0.0818. The average molecular weight is 465 g/mol. The summed E-state index contributed by atoms with van der Waals surface area (Å²) in [7, 11) is 1.68. The molecule has 4 aliphatic rings. The van der Waals surface area contributed by atoms with Crippen LogP contribution < -0.4 is 4.80 Å². The van der Waals surface area contributed by atoms with Gasteiger partial charge in [-0.2, -0.15) is 4.99 Å². The Bertz CT molecular complexity index is 1010. The van der Waals surface area contributed by atoms with E-state index in [9.17, 15) is 4.79 Å². The van der Waals surface area contributed by atoms with Crippen molar-refractivity contribution in [2.45, 2.75) is 45.1 Å². The highest BCUT2D eigenvalue weighted by molar-refractivity contribution is 7.13. The summed E-state index contributed by atoms with van der Waals surface area (Å²) < 4.78 is 7.29. The molecule has 0 N–H and O–H groups in total. The molecule has 0 spiro atoms. The third-order valence-electron chi connectivity index (χ3n) is 7.16. The summed E-state index contributed by atoms with van der Waals surface area (Å²) in [5, 5.41) is 1.05. The van der Waals surface area contributed by atoms with Crippen LogP contribution in [0, 0.1) is 23.2 Å². The van der Waals surface area contributed by atoms with Gasteiger partial charge in [-0.3, -0.25) is 4.79 Å². The van der Waals surface area contributed by atoms with Gasteiger partial charge in [0, 0.05) is 25.4 Å². The average Bonchev–Trinajstić information content (AvgIpc) is 3.09. The number of rotatable bonds is 5. The van der Waals surface area contributed by atoms with Crippen LogP contribution in [-0.4, -0.2) is 24.2 Å². The van der Waals surface area contributed by atoms with Crippen molar-refractivity contribution in [1.29, 1.82) is 0 Å². The molecule has 1 aromatic heterocycles. The van der Waals surface area contributed by atoms with E-state index in [1.54, 1.807) is 13.2 Å². The third kappa shape index (κ3) is 3.68. The molecule has 0 atom stereocenters. The van der Waals surface area contributed by atoms with E-state index in [2.05, 4.69) is 0 Å². The number of nitrogens with zero attached hydrogens (tertiary/aromatic N) is 2. The van der Waals surface area contributed by atoms with Crippen LogP contribution in [0.3, 0.4) is 0 Å². The molecule has 2 aromatic rings. The predicted octanol–water partition coefficient (Wildman–Crippen LogP) is 5.81. The zero-order valence-corrected chi connectivity index (χ0v) is 19.4. The maximum absolute atomic E-state index is 13.5. The molecule has 6 rings (SSSR count). The molecular formula is C23H26Cl2N2O2S. The number of amides is 1. The standard InChI is InChI=1S/C23H26Cl2N2O2S/c1-29-6-5-27-13-19(17-3-2-4-18(24)20(17)25)30-22(27)26-21(28)23-10-14-7-15(11-23)9-16(8-14)12-23/h2-4,13-16H,5-12H2,1H3/b26-22-. The minimum atomic E-state index is -0.230. The van der Waals surface area contributed by atoms with E-state index in [1.807, 2.05) is 22.9 Å². The van der Waals surface area contributed by atoms with Crippen LogP contribution in [-0.2, 0) is 16.1 Å². The van der Waals surface area contributed by atoms with Crippen molar-refractivity contribution in [3.05, 3.63) is 39.2 Å². The second-order valence-corrected chi connectivity index (χ2v) is 11.1. The van der Waals surface area contributed by atoms with Crippen LogP contribution >= 0.6 is 34.5 Å². The fourth-order valence-corrected chi connectivity index (χ4v) is 7.72. The van der Waals surface area contributed by atoms with Gasteiger partial charge in [0.2, 0.25) is 0 Å². The molecule has 0 aliphatic heterocycles. The lowest BCUT2D eigenvalue weighted by Crippen LogP contribution is -2.49. The van der Waals surface area contributed by atoms with Gasteiger partial charge in [-0.05, 0) is 62.3 Å². The number of carbonyl (C=O) groups excluding carboxylic acids is 1. The molecule has 4 fully saturated rings. The maximum atomic E-state index is 13.5. The molecular weight excluding hydrogens is 439 g/mol. The van der Waals surface area contributed by atoms with Gasteiger partial charge in [-0.15, -0.1) is 0 Å².